The summed E-state index contributed by atoms with van der Waals surface area (Å²) in [5.74, 6) is 0.293. The molecule has 2 amide bonds. The number of amides is 2. The molecule has 1 saturated heterocycles. The first kappa shape index (κ1) is 20.6. The second kappa shape index (κ2) is 9.38. The molecule has 0 N–H and O–H groups in total. The molecule has 0 bridgehead atoms. The maximum Gasteiger partial charge on any atom is 0.293 e. The zero-order valence-corrected chi connectivity index (χ0v) is 16.7. The fourth-order valence-electron chi connectivity index (χ4n) is 2.78. The van der Waals surface area contributed by atoms with E-state index in [1.807, 2.05) is 24.3 Å². The first-order valence-electron chi connectivity index (χ1n) is 9.20. The van der Waals surface area contributed by atoms with Crippen molar-refractivity contribution in [2.45, 2.75) is 26.3 Å². The molecule has 29 heavy (non-hydrogen) atoms. The number of hydrogen-bond donors (Lipinski definition) is 0. The predicted molar refractivity (Wildman–Crippen MR) is 111 cm³/mol. The smallest absolute Gasteiger partial charge is 0.293 e. The third-order valence-corrected chi connectivity index (χ3v) is 5.24. The standard InChI is InChI=1S/C21H20N2O5S/c1-2-3-12-28-17-10-8-15(9-11-17)13-19-20(24)22(21(25)29-19)14-16-6-4-5-7-18(16)23(26)27/h4-11,13H,2-3,12,14H2,1H3/b19-13-. The number of carbonyl (C=O) groups is 2. The van der Waals surface area contributed by atoms with Crippen LogP contribution >= 0.6 is 11.8 Å². The summed E-state index contributed by atoms with van der Waals surface area (Å²) in [6.45, 7) is 2.61. The zero-order valence-electron chi connectivity index (χ0n) is 15.9. The Bertz CT molecular complexity index is 956. The second-order valence-electron chi connectivity index (χ2n) is 6.42. The van der Waals surface area contributed by atoms with Gasteiger partial charge in [-0.3, -0.25) is 24.6 Å². The lowest BCUT2D eigenvalue weighted by Gasteiger charge is -2.12. The van der Waals surface area contributed by atoms with Crippen molar-refractivity contribution in [3.63, 3.8) is 0 Å². The number of nitro groups is 1. The van der Waals surface area contributed by atoms with Crippen LogP contribution in [0.25, 0.3) is 6.08 Å². The molecule has 2 aromatic carbocycles. The molecule has 2 aromatic rings. The van der Waals surface area contributed by atoms with E-state index in [1.165, 1.54) is 6.07 Å². The summed E-state index contributed by atoms with van der Waals surface area (Å²) >= 11 is 0.829. The highest BCUT2D eigenvalue weighted by Gasteiger charge is 2.36. The van der Waals surface area contributed by atoms with Crippen LogP contribution < -0.4 is 4.74 Å². The van der Waals surface area contributed by atoms with Crippen LogP contribution in [0.4, 0.5) is 10.5 Å². The van der Waals surface area contributed by atoms with Crippen LogP contribution in [0.1, 0.15) is 30.9 Å². The van der Waals surface area contributed by atoms with Crippen molar-refractivity contribution in [2.75, 3.05) is 6.61 Å². The molecule has 0 radical (unpaired) electrons. The minimum absolute atomic E-state index is 0.116. The number of rotatable bonds is 8. The summed E-state index contributed by atoms with van der Waals surface area (Å²) in [5.41, 5.74) is 0.966. The average molecular weight is 412 g/mol. The maximum atomic E-state index is 12.7. The highest BCUT2D eigenvalue weighted by Crippen LogP contribution is 2.34. The van der Waals surface area contributed by atoms with Gasteiger partial charge in [-0.05, 0) is 42.0 Å². The molecule has 0 spiro atoms. The summed E-state index contributed by atoms with van der Waals surface area (Å²) in [7, 11) is 0. The van der Waals surface area contributed by atoms with Crippen molar-refractivity contribution in [3.05, 3.63) is 74.7 Å². The Morgan fingerprint density at radius 3 is 2.55 bits per heavy atom. The molecule has 0 saturated carbocycles. The molecular formula is C21H20N2O5S. The molecule has 3 rings (SSSR count). The van der Waals surface area contributed by atoms with E-state index in [9.17, 15) is 19.7 Å². The predicted octanol–water partition coefficient (Wildman–Crippen LogP) is 5.01. The number of imide groups is 1. The summed E-state index contributed by atoms with van der Waals surface area (Å²) in [6.07, 6.45) is 3.68. The van der Waals surface area contributed by atoms with Gasteiger partial charge in [0.05, 0.1) is 23.0 Å². The minimum Gasteiger partial charge on any atom is -0.494 e. The quantitative estimate of drug-likeness (QED) is 0.262. The molecule has 0 unspecified atom stereocenters. The molecule has 150 valence electrons. The van der Waals surface area contributed by atoms with Crippen LogP contribution in [-0.2, 0) is 11.3 Å². The zero-order chi connectivity index (χ0) is 20.8. The topological polar surface area (TPSA) is 89.8 Å². The van der Waals surface area contributed by atoms with Crippen LogP contribution in [0.5, 0.6) is 5.75 Å². The van der Waals surface area contributed by atoms with Crippen molar-refractivity contribution in [1.82, 2.24) is 4.90 Å². The largest absolute Gasteiger partial charge is 0.494 e. The van der Waals surface area contributed by atoms with E-state index in [0.717, 1.165) is 40.8 Å². The maximum absolute atomic E-state index is 12.7. The van der Waals surface area contributed by atoms with Crippen molar-refractivity contribution in [2.24, 2.45) is 0 Å². The van der Waals surface area contributed by atoms with Crippen molar-refractivity contribution < 1.29 is 19.2 Å². The number of benzene rings is 2. The Balaban J connectivity index is 1.72. The number of unbranched alkanes of at least 4 members (excludes halogenated alkanes) is 1. The van der Waals surface area contributed by atoms with E-state index in [0.29, 0.717) is 12.2 Å². The minimum atomic E-state index is -0.519. The summed E-state index contributed by atoms with van der Waals surface area (Å²) in [4.78, 5) is 36.9. The van der Waals surface area contributed by atoms with Gasteiger partial charge in [0, 0.05) is 11.6 Å². The number of hydrogen-bond acceptors (Lipinski definition) is 6. The molecule has 1 aliphatic rings. The van der Waals surface area contributed by atoms with Gasteiger partial charge in [-0.15, -0.1) is 0 Å². The Kier molecular flexibility index (Phi) is 6.66. The van der Waals surface area contributed by atoms with E-state index >= 15 is 0 Å². The number of carbonyl (C=O) groups excluding carboxylic acids is 2. The third-order valence-electron chi connectivity index (χ3n) is 4.33. The molecular weight excluding hydrogens is 392 g/mol. The van der Waals surface area contributed by atoms with Crippen LogP contribution in [0.3, 0.4) is 0 Å². The van der Waals surface area contributed by atoms with E-state index in [2.05, 4.69) is 6.92 Å². The highest BCUT2D eigenvalue weighted by atomic mass is 32.2. The molecule has 1 aliphatic heterocycles. The SMILES string of the molecule is CCCCOc1ccc(/C=C2\SC(=O)N(Cc3ccccc3[N+](=O)[O-])C2=O)cc1. The van der Waals surface area contributed by atoms with Crippen molar-refractivity contribution in [1.29, 1.82) is 0 Å². The Labute approximate surface area is 172 Å². The van der Waals surface area contributed by atoms with Gasteiger partial charge in [0.15, 0.2) is 0 Å². The lowest BCUT2D eigenvalue weighted by molar-refractivity contribution is -0.385. The van der Waals surface area contributed by atoms with Gasteiger partial charge in [-0.1, -0.05) is 43.7 Å². The fourth-order valence-corrected chi connectivity index (χ4v) is 3.61. The fraction of sp³-hybridized carbons (Fsp3) is 0.238. The van der Waals surface area contributed by atoms with Crippen molar-refractivity contribution in [3.8, 4) is 5.75 Å². The van der Waals surface area contributed by atoms with Gasteiger partial charge < -0.3 is 4.74 Å². The highest BCUT2D eigenvalue weighted by molar-refractivity contribution is 8.18. The molecule has 1 heterocycles. The molecule has 0 aliphatic carbocycles. The first-order chi connectivity index (χ1) is 14.0. The van der Waals surface area contributed by atoms with E-state index in [4.69, 9.17) is 4.74 Å². The van der Waals surface area contributed by atoms with Gasteiger partial charge >= 0.3 is 0 Å². The molecule has 0 atom stereocenters. The molecule has 8 heteroatoms. The monoisotopic (exact) mass is 412 g/mol. The summed E-state index contributed by atoms with van der Waals surface area (Å²) < 4.78 is 5.61. The summed E-state index contributed by atoms with van der Waals surface area (Å²) in [6, 6.07) is 13.4. The van der Waals surface area contributed by atoms with Crippen LogP contribution in [0, 0.1) is 10.1 Å². The van der Waals surface area contributed by atoms with Gasteiger partial charge in [-0.2, -0.15) is 0 Å². The number of nitro benzene ring substituents is 1. The molecule has 1 fully saturated rings. The van der Waals surface area contributed by atoms with Gasteiger partial charge in [0.25, 0.3) is 16.8 Å². The van der Waals surface area contributed by atoms with E-state index < -0.39 is 16.1 Å². The third kappa shape index (κ3) is 5.03. The van der Waals surface area contributed by atoms with Gasteiger partial charge in [-0.25, -0.2) is 0 Å². The first-order valence-corrected chi connectivity index (χ1v) is 10.0. The molecule has 7 nitrogen and oxygen atoms in total. The van der Waals surface area contributed by atoms with E-state index in [-0.39, 0.29) is 17.1 Å². The Morgan fingerprint density at radius 2 is 1.86 bits per heavy atom. The lowest BCUT2D eigenvalue weighted by atomic mass is 10.1. The van der Waals surface area contributed by atoms with Crippen LogP contribution in [0.15, 0.2) is 53.4 Å². The Morgan fingerprint density at radius 1 is 1.14 bits per heavy atom. The number of nitrogens with zero attached hydrogens (tertiary/aromatic N) is 2. The number of ether oxygens (including phenoxy) is 1. The Hall–Kier alpha value is -3.13. The number of para-hydroxylation sites is 1. The van der Waals surface area contributed by atoms with E-state index in [1.54, 1.807) is 24.3 Å². The second-order valence-corrected chi connectivity index (χ2v) is 7.42. The van der Waals surface area contributed by atoms with Crippen molar-refractivity contribution >= 4 is 34.7 Å². The van der Waals surface area contributed by atoms with Crippen LogP contribution in [0.2, 0.25) is 0 Å². The summed E-state index contributed by atoms with van der Waals surface area (Å²) in [5, 5.41) is 10.7. The van der Waals surface area contributed by atoms with Crippen LogP contribution in [-0.4, -0.2) is 27.6 Å². The molecule has 0 aromatic heterocycles. The normalized spacial score (nSPS) is 15.2. The lowest BCUT2D eigenvalue weighted by Crippen LogP contribution is -2.27. The van der Waals surface area contributed by atoms with Gasteiger partial charge in [0.2, 0.25) is 0 Å². The number of thioether (sulfide) groups is 1. The van der Waals surface area contributed by atoms with Gasteiger partial charge in [0.1, 0.15) is 5.75 Å². The average Bonchev–Trinajstić information content (AvgIpc) is 2.97.